The van der Waals surface area contributed by atoms with Gasteiger partial charge in [0.05, 0.1) is 6.61 Å². The maximum Gasteiger partial charge on any atom is 0.269 e. The van der Waals surface area contributed by atoms with Crippen molar-refractivity contribution in [2.24, 2.45) is 5.92 Å². The van der Waals surface area contributed by atoms with E-state index in [9.17, 15) is 9.59 Å². The molecule has 0 atom stereocenters. The predicted molar refractivity (Wildman–Crippen MR) is 114 cm³/mol. The Balaban J connectivity index is 1.79. The summed E-state index contributed by atoms with van der Waals surface area (Å²) in [5, 5.41) is 3.00. The van der Waals surface area contributed by atoms with Crippen LogP contribution in [0.4, 0.5) is 0 Å². The molecule has 0 aliphatic carbocycles. The molecular formula is C20H22ClN3O3S. The molecule has 3 N–H and O–H groups in total. The number of hydrogen-bond donors (Lipinski definition) is 3. The maximum atomic E-state index is 12.2. The first-order valence-electron chi connectivity index (χ1n) is 8.75. The van der Waals surface area contributed by atoms with Crippen molar-refractivity contribution in [2.75, 3.05) is 6.61 Å². The van der Waals surface area contributed by atoms with Crippen LogP contribution in [0.1, 0.15) is 41.0 Å². The Morgan fingerprint density at radius 1 is 0.964 bits per heavy atom. The van der Waals surface area contributed by atoms with E-state index in [0.717, 1.165) is 6.42 Å². The summed E-state index contributed by atoms with van der Waals surface area (Å²) in [5.41, 5.74) is 5.72. The van der Waals surface area contributed by atoms with Gasteiger partial charge in [0.1, 0.15) is 5.75 Å². The van der Waals surface area contributed by atoms with Gasteiger partial charge in [-0.2, -0.15) is 0 Å². The van der Waals surface area contributed by atoms with Crippen molar-refractivity contribution in [3.8, 4) is 5.75 Å². The van der Waals surface area contributed by atoms with E-state index in [2.05, 4.69) is 30.0 Å². The van der Waals surface area contributed by atoms with E-state index in [1.807, 2.05) is 0 Å². The molecule has 28 heavy (non-hydrogen) atoms. The fourth-order valence-electron chi connectivity index (χ4n) is 2.11. The van der Waals surface area contributed by atoms with E-state index >= 15 is 0 Å². The number of carbonyl (C=O) groups is 2. The van der Waals surface area contributed by atoms with Crippen molar-refractivity contribution < 1.29 is 14.3 Å². The quantitative estimate of drug-likeness (QED) is 0.491. The predicted octanol–water partition coefficient (Wildman–Crippen LogP) is 3.71. The summed E-state index contributed by atoms with van der Waals surface area (Å²) >= 11 is 10.8. The lowest BCUT2D eigenvalue weighted by Gasteiger charge is -2.11. The van der Waals surface area contributed by atoms with Crippen LogP contribution in [0.15, 0.2) is 48.5 Å². The first-order chi connectivity index (χ1) is 13.3. The van der Waals surface area contributed by atoms with Gasteiger partial charge in [-0.05, 0) is 73.1 Å². The van der Waals surface area contributed by atoms with Gasteiger partial charge in [-0.25, -0.2) is 0 Å². The standard InChI is InChI=1S/C20H22ClN3O3S/c1-13(2)11-12-27-17-9-5-14(6-10-17)18(25)22-20(28)24-23-19(26)15-3-7-16(21)8-4-15/h3-10,13H,11-12H2,1-2H3,(H,23,26)(H2,22,24,25,28). The Morgan fingerprint density at radius 3 is 2.14 bits per heavy atom. The van der Waals surface area contributed by atoms with Crippen molar-refractivity contribution in [1.82, 2.24) is 16.2 Å². The third-order valence-corrected chi connectivity index (χ3v) is 4.16. The molecule has 0 aliphatic heterocycles. The summed E-state index contributed by atoms with van der Waals surface area (Å²) in [7, 11) is 0. The van der Waals surface area contributed by atoms with Gasteiger partial charge >= 0.3 is 0 Å². The highest BCUT2D eigenvalue weighted by molar-refractivity contribution is 7.80. The summed E-state index contributed by atoms with van der Waals surface area (Å²) in [4.78, 5) is 24.2. The normalized spacial score (nSPS) is 10.3. The average molecular weight is 420 g/mol. The Bertz CT molecular complexity index is 824. The fraction of sp³-hybridized carbons (Fsp3) is 0.250. The molecule has 0 spiro atoms. The molecule has 2 amide bonds. The van der Waals surface area contributed by atoms with E-state index in [1.165, 1.54) is 0 Å². The second kappa shape index (κ2) is 10.6. The minimum atomic E-state index is -0.406. The lowest BCUT2D eigenvalue weighted by molar-refractivity contribution is 0.0934. The molecule has 0 bridgehead atoms. The zero-order chi connectivity index (χ0) is 20.5. The molecule has 0 radical (unpaired) electrons. The molecule has 2 aromatic rings. The number of hydrazine groups is 1. The monoisotopic (exact) mass is 419 g/mol. The minimum absolute atomic E-state index is 0.0235. The Labute approximate surface area is 174 Å². The van der Waals surface area contributed by atoms with Crippen molar-refractivity contribution in [3.63, 3.8) is 0 Å². The van der Waals surface area contributed by atoms with Crippen LogP contribution in [-0.2, 0) is 0 Å². The number of ether oxygens (including phenoxy) is 1. The SMILES string of the molecule is CC(C)CCOc1ccc(C(=O)NC(=S)NNC(=O)c2ccc(Cl)cc2)cc1. The van der Waals surface area contributed by atoms with Crippen LogP contribution in [0.5, 0.6) is 5.75 Å². The molecule has 0 fully saturated rings. The molecule has 0 saturated heterocycles. The molecule has 2 aromatic carbocycles. The van der Waals surface area contributed by atoms with Gasteiger partial charge in [0, 0.05) is 16.1 Å². The molecule has 148 valence electrons. The number of benzene rings is 2. The zero-order valence-electron chi connectivity index (χ0n) is 15.6. The number of hydrogen-bond acceptors (Lipinski definition) is 4. The summed E-state index contributed by atoms with van der Waals surface area (Å²) in [6, 6.07) is 13.1. The fourth-order valence-corrected chi connectivity index (χ4v) is 2.38. The Morgan fingerprint density at radius 2 is 1.54 bits per heavy atom. The van der Waals surface area contributed by atoms with Crippen LogP contribution in [0.3, 0.4) is 0 Å². The van der Waals surface area contributed by atoms with E-state index in [1.54, 1.807) is 48.5 Å². The van der Waals surface area contributed by atoms with Crippen molar-refractivity contribution in [2.45, 2.75) is 20.3 Å². The summed E-state index contributed by atoms with van der Waals surface area (Å²) in [5.74, 6) is 0.468. The molecule has 6 nitrogen and oxygen atoms in total. The first-order valence-corrected chi connectivity index (χ1v) is 9.54. The minimum Gasteiger partial charge on any atom is -0.494 e. The second-order valence-electron chi connectivity index (χ2n) is 6.42. The number of thiocarbonyl (C=S) groups is 1. The van der Waals surface area contributed by atoms with Crippen LogP contribution in [0.2, 0.25) is 5.02 Å². The molecular weight excluding hydrogens is 398 g/mol. The number of amides is 2. The van der Waals surface area contributed by atoms with E-state index < -0.39 is 11.8 Å². The average Bonchev–Trinajstić information content (AvgIpc) is 2.67. The largest absolute Gasteiger partial charge is 0.494 e. The maximum absolute atomic E-state index is 12.2. The first kappa shape index (κ1) is 21.7. The third-order valence-electron chi connectivity index (χ3n) is 3.70. The van der Waals surface area contributed by atoms with Gasteiger partial charge in [0.15, 0.2) is 5.11 Å². The third kappa shape index (κ3) is 7.17. The van der Waals surface area contributed by atoms with E-state index in [4.69, 9.17) is 28.6 Å². The molecule has 0 aromatic heterocycles. The Hall–Kier alpha value is -2.64. The lowest BCUT2D eigenvalue weighted by atomic mass is 10.1. The topological polar surface area (TPSA) is 79.5 Å². The van der Waals surface area contributed by atoms with Crippen molar-refractivity contribution in [3.05, 3.63) is 64.7 Å². The smallest absolute Gasteiger partial charge is 0.269 e. The Kier molecular flexibility index (Phi) is 8.22. The lowest BCUT2D eigenvalue weighted by Crippen LogP contribution is -2.48. The summed E-state index contributed by atoms with van der Waals surface area (Å²) < 4.78 is 5.62. The zero-order valence-corrected chi connectivity index (χ0v) is 17.2. The summed E-state index contributed by atoms with van der Waals surface area (Å²) in [6.07, 6.45) is 0.962. The van der Waals surface area contributed by atoms with Crippen molar-refractivity contribution >= 4 is 40.7 Å². The van der Waals surface area contributed by atoms with Gasteiger partial charge < -0.3 is 4.74 Å². The number of rotatable bonds is 6. The number of nitrogens with one attached hydrogen (secondary N) is 3. The van der Waals surface area contributed by atoms with Crippen LogP contribution in [0, 0.1) is 5.92 Å². The molecule has 8 heteroatoms. The number of carbonyl (C=O) groups excluding carboxylic acids is 2. The molecule has 0 saturated carbocycles. The van der Waals surface area contributed by atoms with Crippen LogP contribution in [0.25, 0.3) is 0 Å². The molecule has 0 heterocycles. The van der Waals surface area contributed by atoms with Crippen LogP contribution < -0.4 is 20.9 Å². The van der Waals surface area contributed by atoms with E-state index in [-0.39, 0.29) is 5.11 Å². The van der Waals surface area contributed by atoms with Gasteiger partial charge in [0.2, 0.25) is 0 Å². The highest BCUT2D eigenvalue weighted by atomic mass is 35.5. The molecule has 0 unspecified atom stereocenters. The molecule has 0 aliphatic rings. The van der Waals surface area contributed by atoms with Crippen LogP contribution >= 0.6 is 23.8 Å². The van der Waals surface area contributed by atoms with Gasteiger partial charge in [0.25, 0.3) is 11.8 Å². The van der Waals surface area contributed by atoms with Crippen LogP contribution in [-0.4, -0.2) is 23.5 Å². The highest BCUT2D eigenvalue weighted by Gasteiger charge is 2.10. The second-order valence-corrected chi connectivity index (χ2v) is 7.27. The van der Waals surface area contributed by atoms with E-state index in [0.29, 0.717) is 34.4 Å². The molecule has 2 rings (SSSR count). The van der Waals surface area contributed by atoms with Gasteiger partial charge in [-0.1, -0.05) is 25.4 Å². The number of halogens is 1. The highest BCUT2D eigenvalue weighted by Crippen LogP contribution is 2.13. The summed E-state index contributed by atoms with van der Waals surface area (Å²) in [6.45, 7) is 4.89. The van der Waals surface area contributed by atoms with Crippen molar-refractivity contribution in [1.29, 1.82) is 0 Å². The van der Waals surface area contributed by atoms with Gasteiger partial charge in [-0.3, -0.25) is 25.8 Å². The van der Waals surface area contributed by atoms with Gasteiger partial charge in [-0.15, -0.1) is 0 Å².